The molecule has 3 rings (SSSR count). The van der Waals surface area contributed by atoms with Gasteiger partial charge in [0.2, 0.25) is 10.0 Å². The molecule has 7 nitrogen and oxygen atoms in total. The number of hydrogen-bond acceptors (Lipinski definition) is 5. The van der Waals surface area contributed by atoms with Crippen LogP contribution < -0.4 is 9.64 Å². The highest BCUT2D eigenvalue weighted by Gasteiger charge is 2.35. The van der Waals surface area contributed by atoms with Gasteiger partial charge in [-0.3, -0.25) is 9.69 Å². The molecule has 1 aromatic carbocycles. The van der Waals surface area contributed by atoms with E-state index in [4.69, 9.17) is 16.3 Å². The molecule has 1 aliphatic rings. The van der Waals surface area contributed by atoms with Crippen molar-refractivity contribution in [3.63, 3.8) is 0 Å². The van der Waals surface area contributed by atoms with E-state index < -0.39 is 10.0 Å². The molecule has 1 aliphatic heterocycles. The molecule has 1 fully saturated rings. The highest BCUT2D eigenvalue weighted by Crippen LogP contribution is 2.31. The lowest BCUT2D eigenvalue weighted by atomic mass is 10.0. The van der Waals surface area contributed by atoms with Gasteiger partial charge in [-0.25, -0.2) is 13.4 Å². The van der Waals surface area contributed by atoms with Crippen LogP contribution >= 0.6 is 11.6 Å². The monoisotopic (exact) mass is 501 g/mol. The molecular formula is C25H28ClN3O4S. The maximum atomic E-state index is 13.4. The summed E-state index contributed by atoms with van der Waals surface area (Å²) in [5.41, 5.74) is 1.17. The molecule has 0 N–H and O–H groups in total. The third kappa shape index (κ3) is 5.41. The van der Waals surface area contributed by atoms with Crippen LogP contribution in [0, 0.1) is 6.92 Å². The van der Waals surface area contributed by atoms with E-state index in [1.165, 1.54) is 41.8 Å². The third-order valence-electron chi connectivity index (χ3n) is 5.65. The molecule has 0 unspecified atom stereocenters. The standard InChI is InChI=1S/C25H28ClN3O4S/c1-5-8-19(6-2)25(30)29(24-10-7-9-18(3)27-24)20-13-15-28(16-14-20)34(31,32)21-11-12-23(33-4)22(26)17-21/h5-12,17,20H,1-2,13-16H2,3-4H3/b19-8+. The molecule has 1 aromatic heterocycles. The number of hydrogen-bond donors (Lipinski definition) is 0. The first-order valence-corrected chi connectivity index (χ1v) is 12.6. The van der Waals surface area contributed by atoms with Crippen molar-refractivity contribution in [1.82, 2.24) is 9.29 Å². The van der Waals surface area contributed by atoms with Gasteiger partial charge in [-0.05, 0) is 50.1 Å². The van der Waals surface area contributed by atoms with E-state index in [2.05, 4.69) is 18.1 Å². The molecule has 180 valence electrons. The maximum absolute atomic E-state index is 13.4. The van der Waals surface area contributed by atoms with Crippen LogP contribution in [0.3, 0.4) is 0 Å². The number of halogens is 1. The second kappa shape index (κ2) is 11.0. The summed E-state index contributed by atoms with van der Waals surface area (Å²) in [5, 5.41) is 0.228. The van der Waals surface area contributed by atoms with E-state index >= 15 is 0 Å². The van der Waals surface area contributed by atoms with Gasteiger partial charge in [0.25, 0.3) is 5.91 Å². The van der Waals surface area contributed by atoms with Gasteiger partial charge in [0, 0.05) is 30.4 Å². The van der Waals surface area contributed by atoms with Crippen LogP contribution in [0.2, 0.25) is 5.02 Å². The lowest BCUT2D eigenvalue weighted by Crippen LogP contribution is -2.49. The molecule has 0 saturated carbocycles. The molecule has 34 heavy (non-hydrogen) atoms. The van der Waals surface area contributed by atoms with E-state index in [0.717, 1.165) is 5.69 Å². The summed E-state index contributed by atoms with van der Waals surface area (Å²) >= 11 is 6.14. The smallest absolute Gasteiger partial charge is 0.259 e. The number of piperidine rings is 1. The Morgan fingerprint density at radius 1 is 1.24 bits per heavy atom. The fourth-order valence-electron chi connectivity index (χ4n) is 3.91. The second-order valence-corrected chi connectivity index (χ2v) is 10.2. The molecule has 0 bridgehead atoms. The molecule has 9 heteroatoms. The Kier molecular flexibility index (Phi) is 8.30. The number of ether oxygens (including phenoxy) is 1. The summed E-state index contributed by atoms with van der Waals surface area (Å²) in [6.45, 7) is 9.77. The predicted octanol–water partition coefficient (Wildman–Crippen LogP) is 4.54. The fourth-order valence-corrected chi connectivity index (χ4v) is 5.73. The molecule has 0 aliphatic carbocycles. The number of sulfonamides is 1. The number of rotatable bonds is 8. The van der Waals surface area contributed by atoms with Gasteiger partial charge in [-0.2, -0.15) is 4.31 Å². The Morgan fingerprint density at radius 3 is 2.50 bits per heavy atom. The minimum atomic E-state index is -3.75. The van der Waals surface area contributed by atoms with E-state index in [9.17, 15) is 13.2 Å². The van der Waals surface area contributed by atoms with Gasteiger partial charge in [0.1, 0.15) is 11.6 Å². The van der Waals surface area contributed by atoms with Gasteiger partial charge in [-0.15, -0.1) is 0 Å². The molecule has 1 saturated heterocycles. The summed E-state index contributed by atoms with van der Waals surface area (Å²) in [6.07, 6.45) is 5.52. The zero-order valence-corrected chi connectivity index (χ0v) is 20.8. The number of allylic oxidation sites excluding steroid dienone is 2. The molecule has 2 heterocycles. The summed E-state index contributed by atoms with van der Waals surface area (Å²) in [4.78, 5) is 19.7. The number of nitrogens with zero attached hydrogens (tertiary/aromatic N) is 3. The number of pyridine rings is 1. The molecule has 2 aromatic rings. The fraction of sp³-hybridized carbons (Fsp3) is 0.280. The molecule has 0 radical (unpaired) electrons. The zero-order chi connectivity index (χ0) is 24.9. The first-order chi connectivity index (χ1) is 16.2. The van der Waals surface area contributed by atoms with Crippen molar-refractivity contribution in [2.75, 3.05) is 25.1 Å². The van der Waals surface area contributed by atoms with Crippen LogP contribution in [0.15, 0.2) is 78.3 Å². The highest BCUT2D eigenvalue weighted by molar-refractivity contribution is 7.89. The average molecular weight is 502 g/mol. The Hall–Kier alpha value is -2.94. The van der Waals surface area contributed by atoms with Crippen molar-refractivity contribution < 1.29 is 17.9 Å². The zero-order valence-electron chi connectivity index (χ0n) is 19.3. The number of carbonyl (C=O) groups excluding carboxylic acids is 1. The first kappa shape index (κ1) is 25.7. The minimum absolute atomic E-state index is 0.105. The summed E-state index contributed by atoms with van der Waals surface area (Å²) in [7, 11) is -2.28. The summed E-state index contributed by atoms with van der Waals surface area (Å²) in [5.74, 6) is 0.672. The van der Waals surface area contributed by atoms with Crippen LogP contribution in [0.1, 0.15) is 18.5 Å². The Morgan fingerprint density at radius 2 is 1.94 bits per heavy atom. The van der Waals surface area contributed by atoms with Crippen LogP contribution in [-0.4, -0.2) is 49.9 Å². The largest absolute Gasteiger partial charge is 0.495 e. The van der Waals surface area contributed by atoms with Crippen molar-refractivity contribution in [2.45, 2.75) is 30.7 Å². The topological polar surface area (TPSA) is 79.8 Å². The van der Waals surface area contributed by atoms with Gasteiger partial charge >= 0.3 is 0 Å². The highest BCUT2D eigenvalue weighted by atomic mass is 35.5. The number of amides is 1. The normalized spacial score (nSPS) is 15.6. The van der Waals surface area contributed by atoms with Crippen molar-refractivity contribution in [3.8, 4) is 5.75 Å². The number of carbonyl (C=O) groups is 1. The predicted molar refractivity (Wildman–Crippen MR) is 135 cm³/mol. The number of anilines is 1. The molecule has 0 spiro atoms. The van der Waals surface area contributed by atoms with Crippen molar-refractivity contribution >= 4 is 33.3 Å². The van der Waals surface area contributed by atoms with E-state index in [-0.39, 0.29) is 35.0 Å². The SMILES string of the molecule is C=C/C=C(\C=C)C(=O)N(c1cccc(C)n1)C1CCN(S(=O)(=O)c2ccc(OC)c(Cl)c2)CC1. The van der Waals surface area contributed by atoms with E-state index in [1.54, 1.807) is 17.0 Å². The van der Waals surface area contributed by atoms with Crippen LogP contribution in [0.4, 0.5) is 5.82 Å². The van der Waals surface area contributed by atoms with E-state index in [0.29, 0.717) is 30.0 Å². The van der Waals surface area contributed by atoms with Gasteiger partial charge in [-0.1, -0.05) is 49.1 Å². The maximum Gasteiger partial charge on any atom is 0.259 e. The minimum Gasteiger partial charge on any atom is -0.495 e. The van der Waals surface area contributed by atoms with Crippen LogP contribution in [-0.2, 0) is 14.8 Å². The Bertz CT molecular complexity index is 1220. The van der Waals surface area contributed by atoms with Crippen molar-refractivity contribution in [2.24, 2.45) is 0 Å². The molecular weight excluding hydrogens is 474 g/mol. The van der Waals surface area contributed by atoms with E-state index in [1.807, 2.05) is 19.1 Å². The first-order valence-electron chi connectivity index (χ1n) is 10.8. The number of benzene rings is 1. The number of aryl methyl sites for hydroxylation is 1. The van der Waals surface area contributed by atoms with Crippen molar-refractivity contribution in [3.05, 3.63) is 84.1 Å². The van der Waals surface area contributed by atoms with Crippen LogP contribution in [0.5, 0.6) is 5.75 Å². The average Bonchev–Trinajstić information content (AvgIpc) is 2.83. The quantitative estimate of drug-likeness (QED) is 0.392. The van der Waals surface area contributed by atoms with Gasteiger partial charge in [0.05, 0.1) is 17.0 Å². The second-order valence-electron chi connectivity index (χ2n) is 7.81. The summed E-state index contributed by atoms with van der Waals surface area (Å²) in [6, 6.07) is 9.65. The lowest BCUT2D eigenvalue weighted by molar-refractivity contribution is -0.115. The molecule has 1 amide bonds. The number of aromatic nitrogens is 1. The van der Waals surface area contributed by atoms with Gasteiger partial charge < -0.3 is 4.74 Å². The lowest BCUT2D eigenvalue weighted by Gasteiger charge is -2.37. The van der Waals surface area contributed by atoms with Crippen LogP contribution in [0.25, 0.3) is 0 Å². The third-order valence-corrected chi connectivity index (χ3v) is 7.84. The molecule has 0 atom stereocenters. The van der Waals surface area contributed by atoms with Crippen molar-refractivity contribution in [1.29, 1.82) is 0 Å². The Balaban J connectivity index is 1.86. The van der Waals surface area contributed by atoms with Gasteiger partial charge in [0.15, 0.2) is 0 Å². The number of methoxy groups -OCH3 is 1. The Labute approximate surface area is 206 Å². The summed E-state index contributed by atoms with van der Waals surface area (Å²) < 4.78 is 32.9.